The fourth-order valence-electron chi connectivity index (χ4n) is 2.84. The van der Waals surface area contributed by atoms with Gasteiger partial charge in [0.1, 0.15) is 5.82 Å². The van der Waals surface area contributed by atoms with E-state index in [2.05, 4.69) is 72.7 Å². The zero-order chi connectivity index (χ0) is 15.8. The molecule has 0 unspecified atom stereocenters. The normalized spacial score (nSPS) is 11.4. The molecule has 0 aliphatic carbocycles. The predicted octanol–water partition coefficient (Wildman–Crippen LogP) is 5.58. The third-order valence-electron chi connectivity index (χ3n) is 4.21. The number of benzene rings is 2. The van der Waals surface area contributed by atoms with Gasteiger partial charge in [-0.3, -0.25) is 0 Å². The molecule has 0 aliphatic rings. The number of rotatable bonds is 3. The third kappa shape index (κ3) is 2.66. The van der Waals surface area contributed by atoms with Crippen molar-refractivity contribution in [1.29, 1.82) is 0 Å². The zero-order valence-corrected chi connectivity index (χ0v) is 13.3. The fourth-order valence-corrected chi connectivity index (χ4v) is 2.84. The molecular weight excluding hydrogens is 282 g/mol. The first kappa shape index (κ1) is 13.8. The number of hydrogen-bond donors (Lipinski definition) is 2. The highest BCUT2D eigenvalue weighted by Gasteiger charge is 2.04. The van der Waals surface area contributed by atoms with E-state index in [4.69, 9.17) is 4.98 Å². The van der Waals surface area contributed by atoms with E-state index >= 15 is 0 Å². The summed E-state index contributed by atoms with van der Waals surface area (Å²) in [6.07, 6.45) is 1.95. The van der Waals surface area contributed by atoms with Gasteiger partial charge in [-0.15, -0.1) is 0 Å². The lowest BCUT2D eigenvalue weighted by Gasteiger charge is -2.09. The number of nitrogens with zero attached hydrogens (tertiary/aromatic N) is 1. The lowest BCUT2D eigenvalue weighted by molar-refractivity contribution is 0.868. The molecule has 2 heterocycles. The largest absolute Gasteiger partial charge is 0.361 e. The van der Waals surface area contributed by atoms with E-state index in [1.54, 1.807) is 0 Å². The average Bonchev–Trinajstić information content (AvgIpc) is 3.02. The molecule has 4 rings (SSSR count). The van der Waals surface area contributed by atoms with Gasteiger partial charge < -0.3 is 10.3 Å². The molecule has 2 aromatic heterocycles. The monoisotopic (exact) mass is 301 g/mol. The molecule has 0 fully saturated rings. The topological polar surface area (TPSA) is 40.7 Å². The Labute approximate surface area is 135 Å². The standard InChI is InChI=1S/C20H19N3/c1-13(2)15-4-3-14-5-8-20(23-19(14)12-15)22-17-6-7-18-16(11-17)9-10-21-18/h3-13,21H,1-2H3,(H,22,23). The molecule has 0 radical (unpaired) electrons. The summed E-state index contributed by atoms with van der Waals surface area (Å²) in [5.41, 5.74) is 4.53. The van der Waals surface area contributed by atoms with Gasteiger partial charge in [-0.25, -0.2) is 4.98 Å². The van der Waals surface area contributed by atoms with Crippen LogP contribution in [0.4, 0.5) is 11.5 Å². The molecule has 2 aromatic carbocycles. The maximum atomic E-state index is 4.76. The van der Waals surface area contributed by atoms with Gasteiger partial charge in [0.25, 0.3) is 0 Å². The van der Waals surface area contributed by atoms with Crippen molar-refractivity contribution in [2.75, 3.05) is 5.32 Å². The maximum absolute atomic E-state index is 4.76. The van der Waals surface area contributed by atoms with Gasteiger partial charge >= 0.3 is 0 Å². The lowest BCUT2D eigenvalue weighted by atomic mass is 10.0. The van der Waals surface area contributed by atoms with E-state index in [-0.39, 0.29) is 0 Å². The molecule has 0 saturated heterocycles. The molecule has 114 valence electrons. The number of H-pyrrole nitrogens is 1. The van der Waals surface area contributed by atoms with Crippen LogP contribution in [0.25, 0.3) is 21.8 Å². The molecule has 3 heteroatoms. The third-order valence-corrected chi connectivity index (χ3v) is 4.21. The van der Waals surface area contributed by atoms with E-state index < -0.39 is 0 Å². The van der Waals surface area contributed by atoms with E-state index in [9.17, 15) is 0 Å². The molecule has 0 saturated carbocycles. The van der Waals surface area contributed by atoms with Crippen molar-refractivity contribution in [2.45, 2.75) is 19.8 Å². The first-order valence-electron chi connectivity index (χ1n) is 7.94. The summed E-state index contributed by atoms with van der Waals surface area (Å²) in [5, 5.41) is 5.76. The molecule has 4 aromatic rings. The van der Waals surface area contributed by atoms with Crippen molar-refractivity contribution in [3.63, 3.8) is 0 Å². The molecule has 0 bridgehead atoms. The van der Waals surface area contributed by atoms with Crippen molar-refractivity contribution >= 4 is 33.3 Å². The van der Waals surface area contributed by atoms with Crippen LogP contribution in [0.2, 0.25) is 0 Å². The molecule has 2 N–H and O–H groups in total. The van der Waals surface area contributed by atoms with Crippen LogP contribution in [0.3, 0.4) is 0 Å². The SMILES string of the molecule is CC(C)c1ccc2ccc(Nc3ccc4[nH]ccc4c3)nc2c1. The smallest absolute Gasteiger partial charge is 0.131 e. The minimum atomic E-state index is 0.508. The fraction of sp³-hybridized carbons (Fsp3) is 0.150. The van der Waals surface area contributed by atoms with Crippen LogP contribution in [0.15, 0.2) is 60.8 Å². The van der Waals surface area contributed by atoms with Gasteiger partial charge in [-0.1, -0.05) is 26.0 Å². The Bertz CT molecular complexity index is 982. The Kier molecular flexibility index (Phi) is 3.27. The van der Waals surface area contributed by atoms with Crippen LogP contribution in [0, 0.1) is 0 Å². The molecule has 0 aliphatic heterocycles. The molecule has 0 spiro atoms. The molecule has 0 atom stereocenters. The summed E-state index contributed by atoms with van der Waals surface area (Å²) in [5.74, 6) is 1.38. The second-order valence-corrected chi connectivity index (χ2v) is 6.21. The number of anilines is 2. The van der Waals surface area contributed by atoms with Gasteiger partial charge in [0.15, 0.2) is 0 Å². The van der Waals surface area contributed by atoms with Gasteiger partial charge in [-0.05, 0) is 53.9 Å². The predicted molar refractivity (Wildman–Crippen MR) is 97.4 cm³/mol. The number of aromatic amines is 1. The van der Waals surface area contributed by atoms with Crippen molar-refractivity contribution in [2.24, 2.45) is 0 Å². The zero-order valence-electron chi connectivity index (χ0n) is 13.3. The van der Waals surface area contributed by atoms with Crippen LogP contribution in [0.5, 0.6) is 0 Å². The highest BCUT2D eigenvalue weighted by molar-refractivity contribution is 5.85. The summed E-state index contributed by atoms with van der Waals surface area (Å²) in [6.45, 7) is 4.41. The van der Waals surface area contributed by atoms with Crippen molar-refractivity contribution < 1.29 is 0 Å². The summed E-state index contributed by atoms with van der Waals surface area (Å²) < 4.78 is 0. The molecule has 3 nitrogen and oxygen atoms in total. The minimum absolute atomic E-state index is 0.508. The molecular formula is C20H19N3. The number of aromatic nitrogens is 2. The Morgan fingerprint density at radius 2 is 1.78 bits per heavy atom. The summed E-state index contributed by atoms with van der Waals surface area (Å²) >= 11 is 0. The number of pyridine rings is 1. The van der Waals surface area contributed by atoms with E-state index in [0.717, 1.165) is 22.5 Å². The van der Waals surface area contributed by atoms with E-state index in [0.29, 0.717) is 5.92 Å². The Morgan fingerprint density at radius 1 is 0.913 bits per heavy atom. The first-order valence-corrected chi connectivity index (χ1v) is 7.94. The number of hydrogen-bond acceptors (Lipinski definition) is 2. The van der Waals surface area contributed by atoms with Crippen molar-refractivity contribution in [1.82, 2.24) is 9.97 Å². The van der Waals surface area contributed by atoms with Crippen LogP contribution < -0.4 is 5.32 Å². The average molecular weight is 301 g/mol. The second kappa shape index (κ2) is 5.43. The summed E-state index contributed by atoms with van der Waals surface area (Å²) in [4.78, 5) is 7.97. The maximum Gasteiger partial charge on any atom is 0.131 e. The lowest BCUT2D eigenvalue weighted by Crippen LogP contribution is -1.94. The first-order chi connectivity index (χ1) is 11.2. The quantitative estimate of drug-likeness (QED) is 0.518. The van der Waals surface area contributed by atoms with Crippen LogP contribution >= 0.6 is 0 Å². The Balaban J connectivity index is 1.70. The van der Waals surface area contributed by atoms with Gasteiger partial charge in [0.2, 0.25) is 0 Å². The van der Waals surface area contributed by atoms with Gasteiger partial charge in [0, 0.05) is 28.2 Å². The highest BCUT2D eigenvalue weighted by Crippen LogP contribution is 2.24. The number of fused-ring (bicyclic) bond motifs is 2. The molecule has 23 heavy (non-hydrogen) atoms. The van der Waals surface area contributed by atoms with Crippen LogP contribution in [-0.2, 0) is 0 Å². The van der Waals surface area contributed by atoms with E-state index in [1.807, 2.05) is 12.3 Å². The van der Waals surface area contributed by atoms with Crippen molar-refractivity contribution in [3.05, 3.63) is 66.4 Å². The van der Waals surface area contributed by atoms with E-state index in [1.165, 1.54) is 16.3 Å². The van der Waals surface area contributed by atoms with Crippen LogP contribution in [0.1, 0.15) is 25.3 Å². The van der Waals surface area contributed by atoms with Crippen molar-refractivity contribution in [3.8, 4) is 0 Å². The molecule has 0 amide bonds. The van der Waals surface area contributed by atoms with Gasteiger partial charge in [-0.2, -0.15) is 0 Å². The Hall–Kier alpha value is -2.81. The summed E-state index contributed by atoms with van der Waals surface area (Å²) in [6, 6.07) is 19.0. The van der Waals surface area contributed by atoms with Crippen LogP contribution in [-0.4, -0.2) is 9.97 Å². The second-order valence-electron chi connectivity index (χ2n) is 6.21. The Morgan fingerprint density at radius 3 is 2.65 bits per heavy atom. The van der Waals surface area contributed by atoms with Gasteiger partial charge in [0.05, 0.1) is 5.52 Å². The minimum Gasteiger partial charge on any atom is -0.361 e. The summed E-state index contributed by atoms with van der Waals surface area (Å²) in [7, 11) is 0. The highest BCUT2D eigenvalue weighted by atomic mass is 15.0. The number of nitrogens with one attached hydrogen (secondary N) is 2.